The smallest absolute Gasteiger partial charge is 0.330 e. The van der Waals surface area contributed by atoms with Crippen LogP contribution in [-0.4, -0.2) is 37.0 Å². The molecule has 0 fully saturated rings. The third kappa shape index (κ3) is 4.91. The van der Waals surface area contributed by atoms with E-state index < -0.39 is 15.5 Å². The Balaban J connectivity index is 2.57. The van der Waals surface area contributed by atoms with Gasteiger partial charge in [0.1, 0.15) is 28.3 Å². The Labute approximate surface area is 157 Å². The van der Waals surface area contributed by atoms with E-state index in [1.807, 2.05) is 6.92 Å². The molecule has 0 aliphatic heterocycles. The van der Waals surface area contributed by atoms with Crippen LogP contribution in [0.3, 0.4) is 0 Å². The lowest BCUT2D eigenvalue weighted by atomic mass is 10.3. The van der Waals surface area contributed by atoms with E-state index in [2.05, 4.69) is 15.1 Å². The summed E-state index contributed by atoms with van der Waals surface area (Å²) >= 11 is 17.3. The third-order valence-electron chi connectivity index (χ3n) is 2.83. The summed E-state index contributed by atoms with van der Waals surface area (Å²) < 4.78 is 6.45. The van der Waals surface area contributed by atoms with Gasteiger partial charge in [-0.3, -0.25) is 10.1 Å². The second-order valence-electron chi connectivity index (χ2n) is 4.46. The summed E-state index contributed by atoms with van der Waals surface area (Å²) in [6.45, 7) is 2.38. The van der Waals surface area contributed by atoms with E-state index >= 15 is 0 Å². The Bertz CT molecular complexity index is 789. The normalized spacial score (nSPS) is 12.9. The Hall–Kier alpha value is -2.16. The number of nitrogens with zero attached hydrogens (tertiary/aromatic N) is 5. The van der Waals surface area contributed by atoms with Crippen molar-refractivity contribution in [1.29, 1.82) is 0 Å². The van der Waals surface area contributed by atoms with E-state index in [1.54, 1.807) is 24.3 Å². The summed E-state index contributed by atoms with van der Waals surface area (Å²) in [5.41, 5.74) is -0.158. The average Bonchev–Trinajstić information content (AvgIpc) is 3.10. The van der Waals surface area contributed by atoms with Crippen molar-refractivity contribution in [3.05, 3.63) is 57.8 Å². The van der Waals surface area contributed by atoms with Gasteiger partial charge < -0.3 is 4.74 Å². The maximum Gasteiger partial charge on any atom is 0.330 e. The summed E-state index contributed by atoms with van der Waals surface area (Å²) in [6.07, 6.45) is 2.45. The number of alkyl halides is 2. The van der Waals surface area contributed by atoms with Crippen LogP contribution in [0.5, 0.6) is 5.75 Å². The van der Waals surface area contributed by atoms with Gasteiger partial charge in [0, 0.05) is 0 Å². The number of hydrogen-bond donors (Lipinski definition) is 0. The summed E-state index contributed by atoms with van der Waals surface area (Å²) in [7, 11) is 0. The minimum absolute atomic E-state index is 0.178. The Kier molecular flexibility index (Phi) is 6.74. The highest BCUT2D eigenvalue weighted by Crippen LogP contribution is 2.26. The van der Waals surface area contributed by atoms with Crippen molar-refractivity contribution in [2.75, 3.05) is 6.61 Å². The van der Waals surface area contributed by atoms with Gasteiger partial charge in [-0.1, -0.05) is 34.8 Å². The van der Waals surface area contributed by atoms with E-state index in [9.17, 15) is 10.1 Å². The average molecular weight is 405 g/mol. The van der Waals surface area contributed by atoms with E-state index in [1.165, 1.54) is 12.7 Å². The molecule has 1 heterocycles. The van der Waals surface area contributed by atoms with Gasteiger partial charge in [-0.15, -0.1) is 0 Å². The molecule has 11 heteroatoms. The molecule has 0 radical (unpaired) electrons. The van der Waals surface area contributed by atoms with Gasteiger partial charge in [0.2, 0.25) is 5.84 Å². The SMILES string of the molecule is CCOc1ccc(N=C(/C(=C(\Cl)C(Cl)Cl)[N+](=O)[O-])n2cncn2)cc1. The van der Waals surface area contributed by atoms with Gasteiger partial charge >= 0.3 is 5.70 Å². The van der Waals surface area contributed by atoms with Crippen LogP contribution in [0.2, 0.25) is 0 Å². The molecule has 0 atom stereocenters. The fourth-order valence-electron chi connectivity index (χ4n) is 1.82. The van der Waals surface area contributed by atoms with Crippen molar-refractivity contribution < 1.29 is 9.66 Å². The molecule has 25 heavy (non-hydrogen) atoms. The summed E-state index contributed by atoms with van der Waals surface area (Å²) in [4.78, 5) is 17.5. The lowest BCUT2D eigenvalue weighted by Gasteiger charge is -2.07. The van der Waals surface area contributed by atoms with Crippen LogP contribution < -0.4 is 4.74 Å². The largest absolute Gasteiger partial charge is 0.494 e. The van der Waals surface area contributed by atoms with Crippen LogP contribution in [0.15, 0.2) is 52.6 Å². The van der Waals surface area contributed by atoms with Gasteiger partial charge in [-0.25, -0.2) is 9.98 Å². The zero-order chi connectivity index (χ0) is 18.4. The quantitative estimate of drug-likeness (QED) is 0.240. The van der Waals surface area contributed by atoms with E-state index in [-0.39, 0.29) is 10.9 Å². The summed E-state index contributed by atoms with van der Waals surface area (Å²) in [5.74, 6) is 0.469. The van der Waals surface area contributed by atoms with Crippen molar-refractivity contribution in [3.63, 3.8) is 0 Å². The van der Waals surface area contributed by atoms with Crippen molar-refractivity contribution in [3.8, 4) is 5.75 Å². The van der Waals surface area contributed by atoms with Crippen molar-refractivity contribution >= 4 is 46.3 Å². The Morgan fingerprint density at radius 2 is 2.08 bits per heavy atom. The van der Waals surface area contributed by atoms with Crippen molar-refractivity contribution in [1.82, 2.24) is 14.8 Å². The molecule has 0 spiro atoms. The summed E-state index contributed by atoms with van der Waals surface area (Å²) in [5, 5.41) is 15.0. The fraction of sp³-hybridized carbons (Fsp3) is 0.214. The van der Waals surface area contributed by atoms with E-state index in [0.717, 1.165) is 4.68 Å². The second kappa shape index (κ2) is 8.80. The molecular weight excluding hydrogens is 393 g/mol. The Morgan fingerprint density at radius 3 is 2.56 bits per heavy atom. The molecule has 0 aliphatic rings. The maximum atomic E-state index is 11.5. The van der Waals surface area contributed by atoms with Gasteiger partial charge in [-0.05, 0) is 31.2 Å². The minimum atomic E-state index is -1.30. The predicted octanol–water partition coefficient (Wildman–Crippen LogP) is 3.79. The fourth-order valence-corrected chi connectivity index (χ4v) is 2.18. The molecular formula is C14H12Cl3N5O3. The first kappa shape index (κ1) is 19.2. The van der Waals surface area contributed by atoms with Gasteiger partial charge in [-0.2, -0.15) is 9.78 Å². The van der Waals surface area contributed by atoms with Crippen LogP contribution in [0, 0.1) is 10.1 Å². The highest BCUT2D eigenvalue weighted by molar-refractivity contribution is 6.53. The number of allylic oxidation sites excluding steroid dienone is 2. The highest BCUT2D eigenvalue weighted by atomic mass is 35.5. The lowest BCUT2D eigenvalue weighted by Crippen LogP contribution is -2.22. The monoisotopic (exact) mass is 403 g/mol. The number of aromatic nitrogens is 3. The number of rotatable bonds is 6. The molecule has 2 rings (SSSR count). The summed E-state index contributed by atoms with van der Waals surface area (Å²) in [6, 6.07) is 6.63. The van der Waals surface area contributed by atoms with Gasteiger partial charge in [0.15, 0.2) is 0 Å². The van der Waals surface area contributed by atoms with Crippen molar-refractivity contribution in [2.24, 2.45) is 4.99 Å². The first-order chi connectivity index (χ1) is 11.9. The third-order valence-corrected chi connectivity index (χ3v) is 3.89. The number of nitro groups is 1. The van der Waals surface area contributed by atoms with E-state index in [4.69, 9.17) is 39.5 Å². The lowest BCUT2D eigenvalue weighted by molar-refractivity contribution is -0.416. The molecule has 132 valence electrons. The van der Waals surface area contributed by atoms with Gasteiger partial charge in [0.25, 0.3) is 0 Å². The predicted molar refractivity (Wildman–Crippen MR) is 95.5 cm³/mol. The topological polar surface area (TPSA) is 95.4 Å². The molecule has 0 N–H and O–H groups in total. The number of halogens is 3. The highest BCUT2D eigenvalue weighted by Gasteiger charge is 2.30. The number of ether oxygens (including phenoxy) is 1. The molecule has 0 saturated carbocycles. The van der Waals surface area contributed by atoms with Crippen LogP contribution >= 0.6 is 34.8 Å². The molecule has 0 saturated heterocycles. The van der Waals surface area contributed by atoms with Crippen LogP contribution in [0.1, 0.15) is 6.92 Å². The maximum absolute atomic E-state index is 11.5. The standard InChI is InChI=1S/C14H12Cl3N5O3/c1-2-25-10-5-3-9(4-6-10)20-14(21-8-18-7-19-21)12(22(23)24)11(15)13(16)17/h3-8,13H,2H2,1H3/b12-11+,20-14?. The molecule has 2 aromatic rings. The number of benzene rings is 1. The molecule has 0 amide bonds. The molecule has 1 aromatic carbocycles. The molecule has 0 bridgehead atoms. The second-order valence-corrected chi connectivity index (χ2v) is 5.96. The number of hydrogen-bond acceptors (Lipinski definition) is 6. The van der Waals surface area contributed by atoms with Gasteiger partial charge in [0.05, 0.1) is 17.2 Å². The van der Waals surface area contributed by atoms with Crippen LogP contribution in [-0.2, 0) is 0 Å². The van der Waals surface area contributed by atoms with Crippen LogP contribution in [0.25, 0.3) is 0 Å². The first-order valence-corrected chi connectivity index (χ1v) is 8.18. The van der Waals surface area contributed by atoms with Crippen LogP contribution in [0.4, 0.5) is 5.69 Å². The van der Waals surface area contributed by atoms with Crippen molar-refractivity contribution in [2.45, 2.75) is 11.8 Å². The number of aliphatic imine (C=N–C) groups is 1. The van der Waals surface area contributed by atoms with E-state index in [0.29, 0.717) is 18.0 Å². The zero-order valence-corrected chi connectivity index (χ0v) is 15.1. The minimum Gasteiger partial charge on any atom is -0.494 e. The molecule has 0 unspecified atom stereocenters. The zero-order valence-electron chi connectivity index (χ0n) is 12.8. The molecule has 0 aliphatic carbocycles. The molecule has 8 nitrogen and oxygen atoms in total. The molecule has 1 aromatic heterocycles. The first-order valence-electron chi connectivity index (χ1n) is 6.93. The Morgan fingerprint density at radius 1 is 1.40 bits per heavy atom.